The molecule has 114 valence electrons. The van der Waals surface area contributed by atoms with Gasteiger partial charge < -0.3 is 10.8 Å². The van der Waals surface area contributed by atoms with Crippen molar-refractivity contribution in [2.24, 2.45) is 5.73 Å². The highest BCUT2D eigenvalue weighted by Crippen LogP contribution is 2.36. The first-order valence-corrected chi connectivity index (χ1v) is 8.99. The van der Waals surface area contributed by atoms with Gasteiger partial charge in [0.15, 0.2) is 0 Å². The highest BCUT2D eigenvalue weighted by Gasteiger charge is 2.35. The van der Waals surface area contributed by atoms with Crippen molar-refractivity contribution >= 4 is 27.3 Å². The molecule has 0 aliphatic heterocycles. The van der Waals surface area contributed by atoms with Gasteiger partial charge in [0.05, 0.1) is 15.4 Å². The van der Waals surface area contributed by atoms with E-state index in [0.29, 0.717) is 6.54 Å². The summed E-state index contributed by atoms with van der Waals surface area (Å²) < 4.78 is 1.13. The van der Waals surface area contributed by atoms with E-state index in [1.807, 2.05) is 0 Å². The minimum atomic E-state index is -0.519. The van der Waals surface area contributed by atoms with Gasteiger partial charge in [-0.05, 0) is 54.4 Å². The summed E-state index contributed by atoms with van der Waals surface area (Å²) in [5.41, 5.74) is 5.83. The second kappa shape index (κ2) is 6.88. The van der Waals surface area contributed by atoms with Gasteiger partial charge in [-0.25, -0.2) is 0 Å². The van der Waals surface area contributed by atoms with Crippen LogP contribution < -0.4 is 5.73 Å². The monoisotopic (exact) mass is 360 g/mol. The van der Waals surface area contributed by atoms with Crippen LogP contribution in [0.1, 0.15) is 49.9 Å². The summed E-state index contributed by atoms with van der Waals surface area (Å²) in [7, 11) is 2.09. The summed E-state index contributed by atoms with van der Waals surface area (Å²) in [5, 5.41) is 10.6. The molecule has 0 radical (unpaired) electrons. The van der Waals surface area contributed by atoms with Gasteiger partial charge in [-0.1, -0.05) is 19.8 Å². The summed E-state index contributed by atoms with van der Waals surface area (Å²) in [6, 6.07) is 4.49. The van der Waals surface area contributed by atoms with Crippen molar-refractivity contribution in [1.82, 2.24) is 4.90 Å². The quantitative estimate of drug-likeness (QED) is 0.815. The normalized spacial score (nSPS) is 21.3. The first-order valence-electron chi connectivity index (χ1n) is 7.38. The second-order valence-corrected chi connectivity index (χ2v) is 8.50. The van der Waals surface area contributed by atoms with E-state index in [1.165, 1.54) is 4.88 Å². The minimum absolute atomic E-state index is 0.0931. The maximum atomic E-state index is 10.6. The Morgan fingerprint density at radius 3 is 2.60 bits per heavy atom. The fraction of sp³-hybridized carbons (Fsp3) is 0.733. The number of hydrogen-bond acceptors (Lipinski definition) is 4. The molecule has 1 fully saturated rings. The number of rotatable bonds is 6. The van der Waals surface area contributed by atoms with Crippen molar-refractivity contribution in [3.8, 4) is 0 Å². The fourth-order valence-electron chi connectivity index (χ4n) is 3.22. The lowest BCUT2D eigenvalue weighted by Crippen LogP contribution is -2.45. The summed E-state index contributed by atoms with van der Waals surface area (Å²) in [6.07, 6.45) is 5.04. The number of nitrogens with two attached hydrogens (primary N) is 1. The molecule has 0 spiro atoms. The summed E-state index contributed by atoms with van der Waals surface area (Å²) in [4.78, 5) is 3.52. The molecule has 2 unspecified atom stereocenters. The third kappa shape index (κ3) is 3.83. The Balaban J connectivity index is 2.13. The Morgan fingerprint density at radius 2 is 2.10 bits per heavy atom. The summed E-state index contributed by atoms with van der Waals surface area (Å²) in [6.45, 7) is 2.83. The lowest BCUT2D eigenvalue weighted by molar-refractivity contribution is 0.00210. The van der Waals surface area contributed by atoms with Crippen LogP contribution in [0, 0.1) is 0 Å². The number of aliphatic hydroxyl groups is 1. The van der Waals surface area contributed by atoms with E-state index in [2.05, 4.69) is 46.9 Å². The summed E-state index contributed by atoms with van der Waals surface area (Å²) >= 11 is 5.27. The number of nitrogens with zero attached hydrogens (tertiary/aromatic N) is 1. The van der Waals surface area contributed by atoms with Crippen LogP contribution >= 0.6 is 27.3 Å². The number of hydrogen-bond donors (Lipinski definition) is 2. The van der Waals surface area contributed by atoms with Gasteiger partial charge in [-0.3, -0.25) is 4.90 Å². The predicted molar refractivity (Wildman–Crippen MR) is 89.1 cm³/mol. The molecule has 3 nitrogen and oxygen atoms in total. The molecule has 0 amide bonds. The first kappa shape index (κ1) is 16.4. The maximum absolute atomic E-state index is 10.6. The standard InChI is InChI=1S/C15H25BrN2OS/c1-3-11(17)14(12-6-7-13(16)20-12)18(2)10-15(19)8-4-5-9-15/h6-7,11,14,19H,3-5,8-10,17H2,1-2H3. The van der Waals surface area contributed by atoms with Gasteiger partial charge >= 0.3 is 0 Å². The Morgan fingerprint density at radius 1 is 1.45 bits per heavy atom. The van der Waals surface area contributed by atoms with Crippen molar-refractivity contribution in [1.29, 1.82) is 0 Å². The van der Waals surface area contributed by atoms with Gasteiger partial charge in [0.2, 0.25) is 0 Å². The fourth-order valence-corrected chi connectivity index (χ4v) is 4.89. The Bertz CT molecular complexity index is 431. The molecular formula is C15H25BrN2OS. The Labute approximate surface area is 134 Å². The van der Waals surface area contributed by atoms with E-state index in [1.54, 1.807) is 11.3 Å². The molecular weight excluding hydrogens is 336 g/mol. The Kier molecular flexibility index (Phi) is 5.65. The van der Waals surface area contributed by atoms with Crippen LogP contribution in [0.5, 0.6) is 0 Å². The predicted octanol–water partition coefficient (Wildman–Crippen LogP) is 3.53. The van der Waals surface area contributed by atoms with Crippen LogP contribution in [0.15, 0.2) is 15.9 Å². The third-order valence-corrected chi connectivity index (χ3v) is 6.01. The van der Waals surface area contributed by atoms with Crippen LogP contribution in [0.4, 0.5) is 0 Å². The van der Waals surface area contributed by atoms with Crippen LogP contribution in [-0.4, -0.2) is 35.2 Å². The molecule has 20 heavy (non-hydrogen) atoms. The third-order valence-electron chi connectivity index (χ3n) is 4.32. The number of likely N-dealkylation sites (N-methyl/N-ethyl adjacent to an activating group) is 1. The van der Waals surface area contributed by atoms with E-state index in [0.717, 1.165) is 35.9 Å². The van der Waals surface area contributed by atoms with Gasteiger partial charge in [0.1, 0.15) is 0 Å². The van der Waals surface area contributed by atoms with Crippen molar-refractivity contribution in [2.45, 2.75) is 56.7 Å². The molecule has 3 N–H and O–H groups in total. The number of halogens is 1. The molecule has 1 aromatic heterocycles. The van der Waals surface area contributed by atoms with Gasteiger partial charge in [0, 0.05) is 17.5 Å². The van der Waals surface area contributed by atoms with Crippen molar-refractivity contribution in [3.05, 3.63) is 20.8 Å². The lowest BCUT2D eigenvalue weighted by atomic mass is 9.98. The van der Waals surface area contributed by atoms with Crippen molar-refractivity contribution in [2.75, 3.05) is 13.6 Å². The van der Waals surface area contributed by atoms with E-state index >= 15 is 0 Å². The lowest BCUT2D eigenvalue weighted by Gasteiger charge is -2.36. The average Bonchev–Trinajstić information content (AvgIpc) is 2.99. The molecule has 1 aliphatic carbocycles. The Hall–Kier alpha value is 0.0600. The van der Waals surface area contributed by atoms with E-state index < -0.39 is 5.60 Å². The zero-order valence-electron chi connectivity index (χ0n) is 12.3. The minimum Gasteiger partial charge on any atom is -0.389 e. The largest absolute Gasteiger partial charge is 0.389 e. The van der Waals surface area contributed by atoms with Gasteiger partial charge in [0.25, 0.3) is 0 Å². The molecule has 1 aromatic rings. The SMILES string of the molecule is CCC(N)C(c1ccc(Br)s1)N(C)CC1(O)CCCC1. The van der Waals surface area contributed by atoms with Gasteiger partial charge in [-0.15, -0.1) is 11.3 Å². The molecule has 0 saturated heterocycles. The maximum Gasteiger partial charge on any atom is 0.0774 e. The highest BCUT2D eigenvalue weighted by atomic mass is 79.9. The second-order valence-electron chi connectivity index (χ2n) is 6.01. The smallest absolute Gasteiger partial charge is 0.0774 e. The van der Waals surface area contributed by atoms with Crippen LogP contribution in [0.25, 0.3) is 0 Å². The molecule has 0 aromatic carbocycles. The van der Waals surface area contributed by atoms with E-state index in [-0.39, 0.29) is 12.1 Å². The topological polar surface area (TPSA) is 49.5 Å². The molecule has 0 bridgehead atoms. The molecule has 1 aliphatic rings. The van der Waals surface area contributed by atoms with E-state index in [9.17, 15) is 5.11 Å². The highest BCUT2D eigenvalue weighted by molar-refractivity contribution is 9.11. The molecule has 2 rings (SSSR count). The van der Waals surface area contributed by atoms with Gasteiger partial charge in [-0.2, -0.15) is 0 Å². The van der Waals surface area contributed by atoms with Crippen molar-refractivity contribution < 1.29 is 5.11 Å². The van der Waals surface area contributed by atoms with Crippen LogP contribution in [0.2, 0.25) is 0 Å². The van der Waals surface area contributed by atoms with E-state index in [4.69, 9.17) is 5.73 Å². The number of thiophene rings is 1. The average molecular weight is 361 g/mol. The first-order chi connectivity index (χ1) is 9.45. The zero-order valence-corrected chi connectivity index (χ0v) is 14.7. The van der Waals surface area contributed by atoms with Crippen molar-refractivity contribution in [3.63, 3.8) is 0 Å². The zero-order chi connectivity index (χ0) is 14.8. The molecule has 1 saturated carbocycles. The van der Waals surface area contributed by atoms with Crippen LogP contribution in [-0.2, 0) is 0 Å². The summed E-state index contributed by atoms with van der Waals surface area (Å²) in [5.74, 6) is 0. The molecule has 2 atom stereocenters. The molecule has 1 heterocycles. The van der Waals surface area contributed by atoms with Crippen LogP contribution in [0.3, 0.4) is 0 Å². The molecule has 5 heteroatoms.